The van der Waals surface area contributed by atoms with E-state index in [1.807, 2.05) is 47.4 Å². The molecule has 172 valence electrons. The summed E-state index contributed by atoms with van der Waals surface area (Å²) in [5.41, 5.74) is 3.83. The van der Waals surface area contributed by atoms with Crippen LogP contribution in [0.5, 0.6) is 0 Å². The van der Waals surface area contributed by atoms with Crippen molar-refractivity contribution in [2.24, 2.45) is 0 Å². The van der Waals surface area contributed by atoms with Crippen molar-refractivity contribution in [2.45, 2.75) is 46.0 Å². The number of amides is 2. The molecule has 0 saturated carbocycles. The predicted molar refractivity (Wildman–Crippen MR) is 130 cm³/mol. The molecule has 0 spiro atoms. The number of hydrogen-bond acceptors (Lipinski definition) is 3. The van der Waals surface area contributed by atoms with Gasteiger partial charge in [-0.3, -0.25) is 9.59 Å². The van der Waals surface area contributed by atoms with Crippen LogP contribution in [-0.2, 0) is 6.42 Å². The van der Waals surface area contributed by atoms with Crippen molar-refractivity contribution >= 4 is 11.8 Å². The molecule has 1 aliphatic heterocycles. The van der Waals surface area contributed by atoms with Gasteiger partial charge in [0, 0.05) is 43.2 Å². The van der Waals surface area contributed by atoms with Gasteiger partial charge >= 0.3 is 0 Å². The van der Waals surface area contributed by atoms with Crippen LogP contribution >= 0.6 is 0 Å². The number of aryl methyl sites for hydroxylation is 1. The molecule has 1 aliphatic rings. The van der Waals surface area contributed by atoms with Crippen molar-refractivity contribution in [3.8, 4) is 0 Å². The van der Waals surface area contributed by atoms with E-state index in [1.165, 1.54) is 5.56 Å². The maximum Gasteiger partial charge on any atom is 0.253 e. The van der Waals surface area contributed by atoms with Crippen molar-refractivity contribution in [1.82, 2.24) is 15.1 Å². The van der Waals surface area contributed by atoms with Gasteiger partial charge in [-0.25, -0.2) is 0 Å². The summed E-state index contributed by atoms with van der Waals surface area (Å²) in [5, 5.41) is 3.04. The minimum Gasteiger partial charge on any atom is -0.351 e. The molecular weight excluding hydrogens is 398 g/mol. The van der Waals surface area contributed by atoms with E-state index in [1.54, 1.807) is 0 Å². The summed E-state index contributed by atoms with van der Waals surface area (Å²) in [6, 6.07) is 15.9. The topological polar surface area (TPSA) is 52.7 Å². The van der Waals surface area contributed by atoms with Crippen molar-refractivity contribution < 1.29 is 9.59 Å². The van der Waals surface area contributed by atoms with E-state index in [-0.39, 0.29) is 17.7 Å². The monoisotopic (exact) mass is 435 g/mol. The fourth-order valence-electron chi connectivity index (χ4n) is 4.40. The molecule has 0 bridgehead atoms. The number of hydrogen-bond donors (Lipinski definition) is 1. The lowest BCUT2D eigenvalue weighted by Crippen LogP contribution is -2.39. The zero-order valence-corrected chi connectivity index (χ0v) is 19.8. The van der Waals surface area contributed by atoms with Crippen LogP contribution in [-0.4, -0.2) is 60.9 Å². The Morgan fingerprint density at radius 3 is 2.47 bits per heavy atom. The van der Waals surface area contributed by atoms with E-state index >= 15 is 0 Å². The maximum absolute atomic E-state index is 13.0. The summed E-state index contributed by atoms with van der Waals surface area (Å²) >= 11 is 0. The van der Waals surface area contributed by atoms with Gasteiger partial charge in [-0.1, -0.05) is 45.0 Å². The first kappa shape index (κ1) is 24.0. The molecular formula is C27H37N3O2. The van der Waals surface area contributed by atoms with Gasteiger partial charge in [0.2, 0.25) is 0 Å². The number of likely N-dealkylation sites (N-methyl/N-ethyl adjacent to an activating group) is 1. The van der Waals surface area contributed by atoms with Gasteiger partial charge in [0.05, 0.1) is 0 Å². The fourth-order valence-corrected chi connectivity index (χ4v) is 4.40. The molecule has 1 N–H and O–H groups in total. The molecule has 1 atom stereocenters. The van der Waals surface area contributed by atoms with Gasteiger partial charge in [0.25, 0.3) is 11.8 Å². The number of carbonyl (C=O) groups excluding carboxylic acids is 2. The van der Waals surface area contributed by atoms with E-state index in [2.05, 4.69) is 37.1 Å². The van der Waals surface area contributed by atoms with Crippen molar-refractivity contribution in [3.05, 3.63) is 70.8 Å². The number of benzene rings is 2. The molecule has 2 aromatic rings. The summed E-state index contributed by atoms with van der Waals surface area (Å²) in [6.45, 7) is 11.3. The van der Waals surface area contributed by atoms with Gasteiger partial charge in [-0.05, 0) is 67.7 Å². The molecule has 0 unspecified atom stereocenters. The van der Waals surface area contributed by atoms with Crippen molar-refractivity contribution in [1.29, 1.82) is 0 Å². The highest BCUT2D eigenvalue weighted by molar-refractivity contribution is 5.95. The van der Waals surface area contributed by atoms with Crippen LogP contribution in [0.1, 0.15) is 71.4 Å². The number of rotatable bonds is 9. The van der Waals surface area contributed by atoms with E-state index < -0.39 is 0 Å². The van der Waals surface area contributed by atoms with Crippen LogP contribution < -0.4 is 5.32 Å². The summed E-state index contributed by atoms with van der Waals surface area (Å²) in [7, 11) is 0. The lowest BCUT2D eigenvalue weighted by molar-refractivity contribution is 0.0706. The summed E-state index contributed by atoms with van der Waals surface area (Å²) in [4.78, 5) is 29.9. The Labute approximate surface area is 192 Å². The summed E-state index contributed by atoms with van der Waals surface area (Å²) < 4.78 is 0. The second-order valence-corrected chi connectivity index (χ2v) is 8.55. The second kappa shape index (κ2) is 11.8. The lowest BCUT2D eigenvalue weighted by Gasteiger charge is -2.33. The molecule has 1 fully saturated rings. The Bertz CT molecular complexity index is 890. The first-order chi connectivity index (χ1) is 15.5. The largest absolute Gasteiger partial charge is 0.351 e. The highest BCUT2D eigenvalue weighted by Gasteiger charge is 2.26. The molecule has 3 rings (SSSR count). The van der Waals surface area contributed by atoms with E-state index in [0.29, 0.717) is 18.7 Å². The van der Waals surface area contributed by atoms with Gasteiger partial charge in [-0.2, -0.15) is 0 Å². The van der Waals surface area contributed by atoms with Crippen LogP contribution in [0.4, 0.5) is 0 Å². The molecule has 5 nitrogen and oxygen atoms in total. The highest BCUT2D eigenvalue weighted by atomic mass is 16.2. The van der Waals surface area contributed by atoms with Gasteiger partial charge in [0.15, 0.2) is 0 Å². The molecule has 0 aromatic heterocycles. The minimum absolute atomic E-state index is 0.0289. The first-order valence-electron chi connectivity index (χ1n) is 12.0. The van der Waals surface area contributed by atoms with Gasteiger partial charge in [0.1, 0.15) is 0 Å². The predicted octanol–water partition coefficient (Wildman–Crippen LogP) is 4.34. The molecule has 5 heteroatoms. The second-order valence-electron chi connectivity index (χ2n) is 8.55. The molecule has 2 amide bonds. The maximum atomic E-state index is 13.0. The zero-order valence-electron chi connectivity index (χ0n) is 19.8. The lowest BCUT2D eigenvalue weighted by atomic mass is 9.89. The number of carbonyl (C=O) groups is 2. The third-order valence-electron chi connectivity index (χ3n) is 6.55. The Kier molecular flexibility index (Phi) is 8.86. The highest BCUT2D eigenvalue weighted by Crippen LogP contribution is 2.28. The summed E-state index contributed by atoms with van der Waals surface area (Å²) in [5.74, 6) is 0.326. The van der Waals surface area contributed by atoms with E-state index in [0.717, 1.165) is 56.6 Å². The van der Waals surface area contributed by atoms with Crippen LogP contribution in [0, 0.1) is 0 Å². The van der Waals surface area contributed by atoms with Gasteiger partial charge in [-0.15, -0.1) is 0 Å². The van der Waals surface area contributed by atoms with Crippen molar-refractivity contribution in [2.75, 3.05) is 39.3 Å². The van der Waals surface area contributed by atoms with Crippen LogP contribution in [0.3, 0.4) is 0 Å². The number of nitrogens with one attached hydrogen (secondary N) is 1. The van der Waals surface area contributed by atoms with Gasteiger partial charge < -0.3 is 15.1 Å². The molecule has 1 heterocycles. The normalized spacial score (nSPS) is 16.2. The fraction of sp³-hybridized carbons (Fsp3) is 0.481. The third kappa shape index (κ3) is 6.19. The number of nitrogens with zero attached hydrogens (tertiary/aromatic N) is 2. The molecule has 0 radical (unpaired) electrons. The molecule has 1 saturated heterocycles. The van der Waals surface area contributed by atoms with Crippen LogP contribution in [0.25, 0.3) is 0 Å². The van der Waals surface area contributed by atoms with E-state index in [9.17, 15) is 9.59 Å². The molecule has 0 aliphatic carbocycles. The van der Waals surface area contributed by atoms with Crippen molar-refractivity contribution in [3.63, 3.8) is 0 Å². The Morgan fingerprint density at radius 1 is 1.03 bits per heavy atom. The first-order valence-corrected chi connectivity index (χ1v) is 12.0. The number of likely N-dealkylation sites (tertiary alicyclic amines) is 1. The smallest absolute Gasteiger partial charge is 0.253 e. The standard InChI is InChI=1S/C27H37N3O2/c1-4-21-12-14-22(15-13-21)27(32)30-17-8-11-25(20-30)23-9-7-10-24(19-23)26(31)28-16-18-29(5-2)6-3/h7,9-10,12-15,19,25H,4-6,8,11,16-18,20H2,1-3H3,(H,28,31)/t25-/m1/s1. The van der Waals surface area contributed by atoms with Crippen LogP contribution in [0.2, 0.25) is 0 Å². The zero-order chi connectivity index (χ0) is 22.9. The van der Waals surface area contributed by atoms with Crippen LogP contribution in [0.15, 0.2) is 48.5 Å². The Hall–Kier alpha value is -2.66. The Balaban J connectivity index is 1.62. The molecule has 32 heavy (non-hydrogen) atoms. The summed E-state index contributed by atoms with van der Waals surface area (Å²) in [6.07, 6.45) is 2.98. The van der Waals surface area contributed by atoms with E-state index in [4.69, 9.17) is 0 Å². The Morgan fingerprint density at radius 2 is 1.78 bits per heavy atom. The third-order valence-corrected chi connectivity index (χ3v) is 6.55. The molecule has 2 aromatic carbocycles. The SMILES string of the molecule is CCc1ccc(C(=O)N2CCC[C@@H](c3cccc(C(=O)NCCN(CC)CC)c3)C2)cc1. The average molecular weight is 436 g/mol. The minimum atomic E-state index is -0.0289. The quantitative estimate of drug-likeness (QED) is 0.637. The average Bonchev–Trinajstić information content (AvgIpc) is 2.86. The number of piperidine rings is 1.